The third-order valence-corrected chi connectivity index (χ3v) is 6.16. The second-order valence-electron chi connectivity index (χ2n) is 6.50. The third-order valence-electron chi connectivity index (χ3n) is 4.80. The Morgan fingerprint density at radius 1 is 1.24 bits per heavy atom. The van der Waals surface area contributed by atoms with Crippen LogP contribution >= 0.6 is 11.8 Å². The van der Waals surface area contributed by atoms with Crippen molar-refractivity contribution >= 4 is 11.8 Å². The Morgan fingerprint density at radius 3 is 2.90 bits per heavy atom. The maximum absolute atomic E-state index is 4.84. The van der Waals surface area contributed by atoms with Gasteiger partial charge in [0, 0.05) is 17.1 Å². The summed E-state index contributed by atoms with van der Waals surface area (Å²) in [6.45, 7) is 1.11. The SMILES string of the molecule is CNCC1CCc2nc(CSC3CCCCC3)ncc2C1. The Labute approximate surface area is 132 Å². The van der Waals surface area contributed by atoms with E-state index in [2.05, 4.69) is 28.3 Å². The molecule has 3 nitrogen and oxygen atoms in total. The molecule has 1 saturated carbocycles. The number of aromatic nitrogens is 2. The molecule has 1 fully saturated rings. The minimum absolute atomic E-state index is 0.758. The van der Waals surface area contributed by atoms with Crippen molar-refractivity contribution < 1.29 is 0 Å². The molecular formula is C17H27N3S. The highest BCUT2D eigenvalue weighted by Gasteiger charge is 2.20. The molecule has 0 aromatic carbocycles. The van der Waals surface area contributed by atoms with Gasteiger partial charge in [0.1, 0.15) is 5.82 Å². The van der Waals surface area contributed by atoms with Crippen LogP contribution in [0.1, 0.15) is 55.6 Å². The highest BCUT2D eigenvalue weighted by molar-refractivity contribution is 7.99. The van der Waals surface area contributed by atoms with Gasteiger partial charge < -0.3 is 5.32 Å². The van der Waals surface area contributed by atoms with Crippen molar-refractivity contribution in [3.63, 3.8) is 0 Å². The first kappa shape index (κ1) is 15.3. The summed E-state index contributed by atoms with van der Waals surface area (Å²) in [4.78, 5) is 9.46. The summed E-state index contributed by atoms with van der Waals surface area (Å²) < 4.78 is 0. The first-order valence-electron chi connectivity index (χ1n) is 8.45. The van der Waals surface area contributed by atoms with Crippen molar-refractivity contribution in [3.05, 3.63) is 23.3 Å². The lowest BCUT2D eigenvalue weighted by molar-refractivity contribution is 0.433. The minimum Gasteiger partial charge on any atom is -0.319 e. The Morgan fingerprint density at radius 2 is 2.10 bits per heavy atom. The van der Waals surface area contributed by atoms with Crippen molar-refractivity contribution in [1.82, 2.24) is 15.3 Å². The summed E-state index contributed by atoms with van der Waals surface area (Å²) >= 11 is 2.07. The second-order valence-corrected chi connectivity index (χ2v) is 7.78. The first-order chi connectivity index (χ1) is 10.3. The lowest BCUT2D eigenvalue weighted by Gasteiger charge is -2.24. The minimum atomic E-state index is 0.758. The highest BCUT2D eigenvalue weighted by atomic mass is 32.2. The van der Waals surface area contributed by atoms with Crippen LogP contribution < -0.4 is 5.32 Å². The van der Waals surface area contributed by atoms with Crippen LogP contribution in [0.15, 0.2) is 6.20 Å². The van der Waals surface area contributed by atoms with Crippen LogP contribution in [-0.4, -0.2) is 28.8 Å². The fourth-order valence-electron chi connectivity index (χ4n) is 3.58. The largest absolute Gasteiger partial charge is 0.319 e. The molecule has 0 saturated heterocycles. The van der Waals surface area contributed by atoms with Crippen LogP contribution in [0.2, 0.25) is 0 Å². The Hall–Kier alpha value is -0.610. The number of aryl methyl sites for hydroxylation is 1. The zero-order valence-electron chi connectivity index (χ0n) is 13.1. The molecule has 1 unspecified atom stereocenters. The summed E-state index contributed by atoms with van der Waals surface area (Å²) in [6, 6.07) is 0. The average Bonchev–Trinajstić information content (AvgIpc) is 2.54. The van der Waals surface area contributed by atoms with E-state index >= 15 is 0 Å². The van der Waals surface area contributed by atoms with Gasteiger partial charge in [-0.3, -0.25) is 0 Å². The van der Waals surface area contributed by atoms with Crippen LogP contribution in [0.4, 0.5) is 0 Å². The van der Waals surface area contributed by atoms with E-state index in [1.165, 1.54) is 49.8 Å². The molecular weight excluding hydrogens is 278 g/mol. The van der Waals surface area contributed by atoms with Gasteiger partial charge in [-0.15, -0.1) is 0 Å². The molecule has 1 heterocycles. The average molecular weight is 305 g/mol. The summed E-state index contributed by atoms with van der Waals surface area (Å²) in [6.07, 6.45) is 12.7. The topological polar surface area (TPSA) is 37.8 Å². The molecule has 1 N–H and O–H groups in total. The number of nitrogens with zero attached hydrogens (tertiary/aromatic N) is 2. The van der Waals surface area contributed by atoms with Crippen molar-refractivity contribution in [2.45, 2.75) is 62.4 Å². The van der Waals surface area contributed by atoms with E-state index in [0.29, 0.717) is 0 Å². The van der Waals surface area contributed by atoms with Gasteiger partial charge in [-0.05, 0) is 57.2 Å². The Bertz CT molecular complexity index is 457. The van der Waals surface area contributed by atoms with E-state index in [1.807, 2.05) is 7.05 Å². The molecule has 116 valence electrons. The van der Waals surface area contributed by atoms with Gasteiger partial charge in [0.15, 0.2) is 0 Å². The van der Waals surface area contributed by atoms with Crippen LogP contribution in [0.3, 0.4) is 0 Å². The Balaban J connectivity index is 1.56. The molecule has 3 rings (SSSR count). The molecule has 1 atom stereocenters. The van der Waals surface area contributed by atoms with Gasteiger partial charge in [-0.2, -0.15) is 11.8 Å². The van der Waals surface area contributed by atoms with Gasteiger partial charge in [0.2, 0.25) is 0 Å². The van der Waals surface area contributed by atoms with Crippen molar-refractivity contribution in [1.29, 1.82) is 0 Å². The maximum Gasteiger partial charge on any atom is 0.138 e. The fourth-order valence-corrected chi connectivity index (χ4v) is 4.77. The monoisotopic (exact) mass is 305 g/mol. The zero-order valence-corrected chi connectivity index (χ0v) is 13.9. The molecule has 1 aromatic rings. The van der Waals surface area contributed by atoms with Crippen molar-refractivity contribution in [3.8, 4) is 0 Å². The van der Waals surface area contributed by atoms with E-state index in [4.69, 9.17) is 4.98 Å². The van der Waals surface area contributed by atoms with Gasteiger partial charge in [0.05, 0.1) is 5.75 Å². The summed E-state index contributed by atoms with van der Waals surface area (Å²) in [5, 5.41) is 4.14. The quantitative estimate of drug-likeness (QED) is 0.905. The molecule has 4 heteroatoms. The van der Waals surface area contributed by atoms with E-state index in [0.717, 1.165) is 42.1 Å². The second kappa shape index (κ2) is 7.59. The summed E-state index contributed by atoms with van der Waals surface area (Å²) in [5.41, 5.74) is 2.70. The lowest BCUT2D eigenvalue weighted by Crippen LogP contribution is -2.25. The van der Waals surface area contributed by atoms with Gasteiger partial charge in [-0.25, -0.2) is 9.97 Å². The first-order valence-corrected chi connectivity index (χ1v) is 9.50. The molecule has 0 spiro atoms. The molecule has 2 aliphatic rings. The molecule has 21 heavy (non-hydrogen) atoms. The molecule has 0 bridgehead atoms. The number of thioether (sulfide) groups is 1. The van der Waals surface area contributed by atoms with E-state index in [-0.39, 0.29) is 0 Å². The van der Waals surface area contributed by atoms with E-state index in [9.17, 15) is 0 Å². The fraction of sp³-hybridized carbons (Fsp3) is 0.765. The predicted octanol–water partition coefficient (Wildman–Crippen LogP) is 3.37. The van der Waals surface area contributed by atoms with Crippen LogP contribution in [0.25, 0.3) is 0 Å². The predicted molar refractivity (Wildman–Crippen MR) is 89.6 cm³/mol. The molecule has 2 aliphatic carbocycles. The molecule has 0 amide bonds. The number of rotatable bonds is 5. The molecule has 0 aliphatic heterocycles. The smallest absolute Gasteiger partial charge is 0.138 e. The maximum atomic E-state index is 4.84. The van der Waals surface area contributed by atoms with Crippen molar-refractivity contribution in [2.75, 3.05) is 13.6 Å². The number of nitrogens with one attached hydrogen (secondary N) is 1. The van der Waals surface area contributed by atoms with E-state index in [1.54, 1.807) is 0 Å². The van der Waals surface area contributed by atoms with E-state index < -0.39 is 0 Å². The van der Waals surface area contributed by atoms with Gasteiger partial charge in [-0.1, -0.05) is 19.3 Å². The summed E-state index contributed by atoms with van der Waals surface area (Å²) in [7, 11) is 2.04. The molecule has 1 aromatic heterocycles. The Kier molecular flexibility index (Phi) is 5.53. The van der Waals surface area contributed by atoms with Gasteiger partial charge in [0.25, 0.3) is 0 Å². The van der Waals surface area contributed by atoms with Crippen LogP contribution in [0.5, 0.6) is 0 Å². The lowest BCUT2D eigenvalue weighted by atomic mass is 9.87. The number of hydrogen-bond acceptors (Lipinski definition) is 4. The van der Waals surface area contributed by atoms with Crippen LogP contribution in [0, 0.1) is 5.92 Å². The third kappa shape index (κ3) is 4.19. The zero-order chi connectivity index (χ0) is 14.5. The standard InChI is InChI=1S/C17H27N3S/c1-18-10-13-7-8-16-14(9-13)11-19-17(20-16)12-21-15-5-3-2-4-6-15/h11,13,15,18H,2-10,12H2,1H3. The number of hydrogen-bond donors (Lipinski definition) is 1. The highest BCUT2D eigenvalue weighted by Crippen LogP contribution is 2.30. The van der Waals surface area contributed by atoms with Crippen molar-refractivity contribution in [2.24, 2.45) is 5.92 Å². The summed E-state index contributed by atoms with van der Waals surface area (Å²) in [5.74, 6) is 2.81. The normalized spacial score (nSPS) is 23.0. The number of fused-ring (bicyclic) bond motifs is 1. The molecule has 0 radical (unpaired) electrons. The van der Waals surface area contributed by atoms with Gasteiger partial charge >= 0.3 is 0 Å². The van der Waals surface area contributed by atoms with Crippen LogP contribution in [-0.2, 0) is 18.6 Å².